The highest BCUT2D eigenvalue weighted by Crippen LogP contribution is 2.16. The van der Waals surface area contributed by atoms with Gasteiger partial charge in [-0.25, -0.2) is 0 Å². The van der Waals surface area contributed by atoms with Crippen molar-refractivity contribution in [3.63, 3.8) is 0 Å². The molecule has 0 aliphatic heterocycles. The van der Waals surface area contributed by atoms with E-state index < -0.39 is 0 Å². The monoisotopic (exact) mass is 261 g/mol. The third-order valence-corrected chi connectivity index (χ3v) is 3.35. The fourth-order valence-corrected chi connectivity index (χ4v) is 2.19. The van der Waals surface area contributed by atoms with Gasteiger partial charge < -0.3 is 5.32 Å². The minimum atomic E-state index is 0.398. The second-order valence-electron chi connectivity index (χ2n) is 5.16. The Hall–Kier alpha value is -1.78. The molecule has 0 radical (unpaired) electrons. The second-order valence-corrected chi connectivity index (χ2v) is 5.16. The minimum Gasteiger partial charge on any atom is -0.364 e. The first-order valence-electron chi connectivity index (χ1n) is 6.83. The molecule has 0 spiro atoms. The molecule has 0 bridgehead atoms. The maximum atomic E-state index is 4.49. The molecule has 0 amide bonds. The molecule has 2 aromatic heterocycles. The molecule has 0 aromatic carbocycles. The smallest absolute Gasteiger partial charge is 0.151 e. The Bertz CT molecular complexity index is 550. The molecule has 2 rings (SSSR count). The van der Waals surface area contributed by atoms with E-state index in [1.54, 1.807) is 0 Å². The molecule has 0 atom stereocenters. The Kier molecular flexibility index (Phi) is 3.93. The molecule has 0 aliphatic rings. The highest BCUT2D eigenvalue weighted by molar-refractivity contribution is 5.42. The summed E-state index contributed by atoms with van der Waals surface area (Å²) in [5.74, 6) is 0.957. The Labute approximate surface area is 114 Å². The number of rotatable bonds is 5. The summed E-state index contributed by atoms with van der Waals surface area (Å²) in [4.78, 5) is 0. The maximum Gasteiger partial charge on any atom is 0.151 e. The molecule has 19 heavy (non-hydrogen) atoms. The Balaban J connectivity index is 2.08. The van der Waals surface area contributed by atoms with Gasteiger partial charge in [-0.15, -0.1) is 0 Å². The molecule has 0 unspecified atom stereocenters. The number of nitrogens with zero attached hydrogens (tertiary/aromatic N) is 4. The maximum absolute atomic E-state index is 4.49. The van der Waals surface area contributed by atoms with E-state index in [1.165, 1.54) is 16.8 Å². The van der Waals surface area contributed by atoms with Crippen molar-refractivity contribution in [3.05, 3.63) is 29.2 Å². The average Bonchev–Trinajstić information content (AvgIpc) is 2.90. The molecular weight excluding hydrogens is 238 g/mol. The molecule has 104 valence electrons. The molecule has 1 N–H and O–H groups in total. The van der Waals surface area contributed by atoms with Crippen molar-refractivity contribution in [1.82, 2.24) is 19.6 Å². The van der Waals surface area contributed by atoms with Gasteiger partial charge in [-0.3, -0.25) is 9.36 Å². The summed E-state index contributed by atoms with van der Waals surface area (Å²) in [7, 11) is 0. The van der Waals surface area contributed by atoms with Crippen molar-refractivity contribution in [2.24, 2.45) is 0 Å². The van der Waals surface area contributed by atoms with Crippen LogP contribution < -0.4 is 5.32 Å². The molecule has 0 fully saturated rings. The third-order valence-electron chi connectivity index (χ3n) is 3.35. The van der Waals surface area contributed by atoms with Crippen molar-refractivity contribution in [2.75, 3.05) is 5.32 Å². The van der Waals surface area contributed by atoms with Crippen LogP contribution in [0.1, 0.15) is 43.6 Å². The van der Waals surface area contributed by atoms with Gasteiger partial charge in [-0.2, -0.15) is 10.2 Å². The van der Waals surface area contributed by atoms with Gasteiger partial charge in [0.15, 0.2) is 5.82 Å². The van der Waals surface area contributed by atoms with E-state index in [9.17, 15) is 0 Å². The van der Waals surface area contributed by atoms with Crippen molar-refractivity contribution in [3.8, 4) is 0 Å². The van der Waals surface area contributed by atoms with Crippen LogP contribution in [0.4, 0.5) is 5.82 Å². The van der Waals surface area contributed by atoms with E-state index in [0.29, 0.717) is 6.04 Å². The molecule has 0 aliphatic carbocycles. The van der Waals surface area contributed by atoms with Gasteiger partial charge in [0, 0.05) is 42.1 Å². The van der Waals surface area contributed by atoms with Crippen LogP contribution in [0, 0.1) is 13.8 Å². The Morgan fingerprint density at radius 3 is 2.58 bits per heavy atom. The van der Waals surface area contributed by atoms with Crippen LogP contribution in [0.3, 0.4) is 0 Å². The summed E-state index contributed by atoms with van der Waals surface area (Å²) in [5.41, 5.74) is 3.62. The molecule has 2 heterocycles. The number of hydrogen-bond donors (Lipinski definition) is 1. The lowest BCUT2D eigenvalue weighted by Crippen LogP contribution is -2.07. The standard InChI is InChI=1S/C14H23N5/c1-6-18-9-11(4)14(17-18)15-7-13-8-16-19(10(2)3)12(13)5/h8-10H,6-7H2,1-5H3,(H,15,17). The van der Waals surface area contributed by atoms with E-state index in [4.69, 9.17) is 0 Å². The first kappa shape index (κ1) is 13.6. The highest BCUT2D eigenvalue weighted by atomic mass is 15.3. The van der Waals surface area contributed by atoms with Crippen molar-refractivity contribution < 1.29 is 0 Å². The first-order chi connectivity index (χ1) is 9.02. The fourth-order valence-electron chi connectivity index (χ4n) is 2.19. The van der Waals surface area contributed by atoms with Gasteiger partial charge in [0.1, 0.15) is 0 Å². The Morgan fingerprint density at radius 1 is 1.32 bits per heavy atom. The van der Waals surface area contributed by atoms with Crippen LogP contribution in [-0.4, -0.2) is 19.6 Å². The van der Waals surface area contributed by atoms with E-state index in [0.717, 1.165) is 18.9 Å². The lowest BCUT2D eigenvalue weighted by Gasteiger charge is -2.09. The number of aromatic nitrogens is 4. The van der Waals surface area contributed by atoms with Crippen LogP contribution in [0.25, 0.3) is 0 Å². The number of aryl methyl sites for hydroxylation is 2. The van der Waals surface area contributed by atoms with Gasteiger partial charge in [0.25, 0.3) is 0 Å². The summed E-state index contributed by atoms with van der Waals surface area (Å²) >= 11 is 0. The molecule has 2 aromatic rings. The normalized spacial score (nSPS) is 11.3. The van der Waals surface area contributed by atoms with E-state index in [2.05, 4.69) is 61.0 Å². The van der Waals surface area contributed by atoms with E-state index in [-0.39, 0.29) is 0 Å². The van der Waals surface area contributed by atoms with Gasteiger partial charge in [0.05, 0.1) is 6.20 Å². The molecule has 5 heteroatoms. The van der Waals surface area contributed by atoms with Crippen LogP contribution in [-0.2, 0) is 13.1 Å². The van der Waals surface area contributed by atoms with Gasteiger partial charge in [0.2, 0.25) is 0 Å². The predicted octanol–water partition coefficient (Wildman–Crippen LogP) is 2.91. The number of anilines is 1. The van der Waals surface area contributed by atoms with Gasteiger partial charge >= 0.3 is 0 Å². The molecule has 0 saturated carbocycles. The zero-order chi connectivity index (χ0) is 14.0. The highest BCUT2D eigenvalue weighted by Gasteiger charge is 2.10. The summed E-state index contributed by atoms with van der Waals surface area (Å²) < 4.78 is 4.00. The Morgan fingerprint density at radius 2 is 2.05 bits per heavy atom. The molecular formula is C14H23N5. The van der Waals surface area contributed by atoms with Crippen LogP contribution in [0.2, 0.25) is 0 Å². The average molecular weight is 261 g/mol. The van der Waals surface area contributed by atoms with Crippen LogP contribution in [0.15, 0.2) is 12.4 Å². The summed E-state index contributed by atoms with van der Waals surface area (Å²) in [6, 6.07) is 0.398. The van der Waals surface area contributed by atoms with Gasteiger partial charge in [-0.05, 0) is 34.6 Å². The number of hydrogen-bond acceptors (Lipinski definition) is 3. The molecule has 0 saturated heterocycles. The minimum absolute atomic E-state index is 0.398. The van der Waals surface area contributed by atoms with Crippen molar-refractivity contribution >= 4 is 5.82 Å². The fraction of sp³-hybridized carbons (Fsp3) is 0.571. The second kappa shape index (κ2) is 5.47. The van der Waals surface area contributed by atoms with E-state index in [1.807, 2.05) is 10.9 Å². The predicted molar refractivity (Wildman–Crippen MR) is 77.3 cm³/mol. The summed E-state index contributed by atoms with van der Waals surface area (Å²) in [6.07, 6.45) is 4.00. The number of nitrogens with one attached hydrogen (secondary N) is 1. The SMILES string of the molecule is CCn1cc(C)c(NCc2cnn(C(C)C)c2C)n1. The summed E-state index contributed by atoms with van der Waals surface area (Å²) in [6.45, 7) is 12.2. The summed E-state index contributed by atoms with van der Waals surface area (Å²) in [5, 5.41) is 12.3. The third kappa shape index (κ3) is 2.80. The van der Waals surface area contributed by atoms with Crippen molar-refractivity contribution in [1.29, 1.82) is 0 Å². The zero-order valence-electron chi connectivity index (χ0n) is 12.4. The lowest BCUT2D eigenvalue weighted by molar-refractivity contribution is 0.518. The zero-order valence-corrected chi connectivity index (χ0v) is 12.4. The van der Waals surface area contributed by atoms with E-state index >= 15 is 0 Å². The lowest BCUT2D eigenvalue weighted by atomic mass is 10.2. The van der Waals surface area contributed by atoms with Gasteiger partial charge in [-0.1, -0.05) is 0 Å². The molecule has 5 nitrogen and oxygen atoms in total. The first-order valence-corrected chi connectivity index (χ1v) is 6.83. The van der Waals surface area contributed by atoms with Crippen LogP contribution in [0.5, 0.6) is 0 Å². The van der Waals surface area contributed by atoms with Crippen LogP contribution >= 0.6 is 0 Å². The largest absolute Gasteiger partial charge is 0.364 e. The van der Waals surface area contributed by atoms with Crippen molar-refractivity contribution in [2.45, 2.75) is 53.8 Å². The topological polar surface area (TPSA) is 47.7 Å². The quantitative estimate of drug-likeness (QED) is 0.900.